The molecule has 0 aliphatic carbocycles. The summed E-state index contributed by atoms with van der Waals surface area (Å²) < 4.78 is 0. The second-order valence-corrected chi connectivity index (χ2v) is 5.75. The summed E-state index contributed by atoms with van der Waals surface area (Å²) in [6.07, 6.45) is 2.68. The molecule has 2 aliphatic rings. The maximum Gasteiger partial charge on any atom is 0.0351 e. The summed E-state index contributed by atoms with van der Waals surface area (Å²) in [7, 11) is 0. The summed E-state index contributed by atoms with van der Waals surface area (Å²) in [6, 6.07) is 20.7. The van der Waals surface area contributed by atoms with E-state index in [-0.39, 0.29) is 17.0 Å². The molecule has 2 aliphatic heterocycles. The van der Waals surface area contributed by atoms with Crippen LogP contribution < -0.4 is 0 Å². The van der Waals surface area contributed by atoms with Crippen LogP contribution in [0.3, 0.4) is 0 Å². The van der Waals surface area contributed by atoms with Gasteiger partial charge in [0.05, 0.1) is 0 Å². The lowest BCUT2D eigenvalue weighted by molar-refractivity contribution is 0.230. The van der Waals surface area contributed by atoms with E-state index in [4.69, 9.17) is 0 Å². The molecular weight excluding hydrogens is 310 g/mol. The van der Waals surface area contributed by atoms with Crippen molar-refractivity contribution in [2.75, 3.05) is 13.1 Å². The molecule has 1 fully saturated rings. The van der Waals surface area contributed by atoms with Crippen molar-refractivity contribution in [1.82, 2.24) is 4.90 Å². The van der Waals surface area contributed by atoms with Gasteiger partial charge in [-0.05, 0) is 36.1 Å². The molecule has 0 unspecified atom stereocenters. The fraction of sp³-hybridized carbons (Fsp3) is 0.333. The molecule has 4 rings (SSSR count). The van der Waals surface area contributed by atoms with E-state index in [1.54, 1.807) is 11.1 Å². The molecule has 2 atom stereocenters. The Labute approximate surface area is 131 Å². The summed E-state index contributed by atoms with van der Waals surface area (Å²) in [5, 5.41) is 0. The van der Waals surface area contributed by atoms with Crippen molar-refractivity contribution in [3.63, 3.8) is 0 Å². The molecule has 2 heterocycles. The Morgan fingerprint density at radius 2 is 1.55 bits per heavy atom. The molecule has 0 amide bonds. The van der Waals surface area contributed by atoms with Gasteiger partial charge in [-0.2, -0.15) is 0 Å². The van der Waals surface area contributed by atoms with Crippen LogP contribution >= 0.6 is 17.0 Å². The number of benzene rings is 2. The van der Waals surface area contributed by atoms with E-state index in [1.165, 1.54) is 31.5 Å². The fourth-order valence-electron chi connectivity index (χ4n) is 3.83. The van der Waals surface area contributed by atoms with Crippen LogP contribution in [0, 0.1) is 0 Å². The van der Waals surface area contributed by atoms with Crippen LogP contribution in [0.1, 0.15) is 41.5 Å². The maximum absolute atomic E-state index is 2.68. The van der Waals surface area contributed by atoms with Crippen LogP contribution in [0.4, 0.5) is 0 Å². The lowest BCUT2D eigenvalue weighted by Gasteiger charge is -2.37. The number of hydrogen-bond acceptors (Lipinski definition) is 1. The number of rotatable bonds is 1. The third kappa shape index (κ3) is 2.21. The van der Waals surface area contributed by atoms with Gasteiger partial charge in [-0.15, -0.1) is 17.0 Å². The van der Waals surface area contributed by atoms with E-state index < -0.39 is 0 Å². The first-order chi connectivity index (χ1) is 9.43. The molecule has 2 heteroatoms. The summed E-state index contributed by atoms with van der Waals surface area (Å²) in [5.41, 5.74) is 4.58. The minimum absolute atomic E-state index is 0. The van der Waals surface area contributed by atoms with E-state index in [0.29, 0.717) is 12.0 Å². The largest absolute Gasteiger partial charge is 0.295 e. The Hall–Kier alpha value is -1.12. The average molecular weight is 330 g/mol. The van der Waals surface area contributed by atoms with Gasteiger partial charge in [-0.3, -0.25) is 4.90 Å². The highest BCUT2D eigenvalue weighted by Gasteiger charge is 2.35. The third-order valence-corrected chi connectivity index (χ3v) is 4.71. The number of fused-ring (bicyclic) bond motifs is 3. The van der Waals surface area contributed by atoms with Gasteiger partial charge in [-0.25, -0.2) is 0 Å². The number of hydrogen-bond donors (Lipinski definition) is 0. The molecule has 20 heavy (non-hydrogen) atoms. The van der Waals surface area contributed by atoms with Gasteiger partial charge in [0.2, 0.25) is 0 Å². The van der Waals surface area contributed by atoms with Crippen LogP contribution in [0.5, 0.6) is 0 Å². The molecular formula is C18H20BrN. The number of halogens is 1. The van der Waals surface area contributed by atoms with E-state index in [2.05, 4.69) is 59.5 Å². The molecule has 2 aromatic carbocycles. The second-order valence-electron chi connectivity index (χ2n) is 5.75. The Morgan fingerprint density at radius 1 is 0.850 bits per heavy atom. The van der Waals surface area contributed by atoms with E-state index in [9.17, 15) is 0 Å². The molecule has 0 aromatic heterocycles. The standard InChI is InChI=1S/C18H19N.BrH/c1-2-7-14(8-3-1)17-13-19-12-6-11-18(19)16-10-5-4-9-15(16)17;/h1-5,7-10,17-18H,6,11-13H2;1H/t17-,18+;/m0./s1. The summed E-state index contributed by atoms with van der Waals surface area (Å²) >= 11 is 0. The third-order valence-electron chi connectivity index (χ3n) is 4.71. The zero-order valence-corrected chi connectivity index (χ0v) is 13.2. The Kier molecular flexibility index (Phi) is 3.95. The lowest BCUT2D eigenvalue weighted by Crippen LogP contribution is -2.34. The minimum Gasteiger partial charge on any atom is -0.295 e. The van der Waals surface area contributed by atoms with Gasteiger partial charge in [-0.1, -0.05) is 54.6 Å². The normalized spacial score (nSPS) is 24.6. The Bertz CT molecular complexity index is 581. The van der Waals surface area contributed by atoms with Gasteiger partial charge in [0.1, 0.15) is 0 Å². The predicted octanol–water partition coefficient (Wildman–Crippen LogP) is 4.55. The van der Waals surface area contributed by atoms with Gasteiger partial charge in [0.25, 0.3) is 0 Å². The molecule has 1 saturated heterocycles. The maximum atomic E-state index is 2.68. The van der Waals surface area contributed by atoms with Crippen molar-refractivity contribution >= 4 is 17.0 Å². The van der Waals surface area contributed by atoms with Crippen molar-refractivity contribution in [2.45, 2.75) is 24.8 Å². The minimum atomic E-state index is 0. The first-order valence-corrected chi connectivity index (χ1v) is 7.31. The van der Waals surface area contributed by atoms with Crippen LogP contribution in [0.25, 0.3) is 0 Å². The predicted molar refractivity (Wildman–Crippen MR) is 88.6 cm³/mol. The van der Waals surface area contributed by atoms with Crippen molar-refractivity contribution in [1.29, 1.82) is 0 Å². The zero-order valence-electron chi connectivity index (χ0n) is 11.5. The molecule has 0 N–H and O–H groups in total. The van der Waals surface area contributed by atoms with Gasteiger partial charge >= 0.3 is 0 Å². The second kappa shape index (κ2) is 5.71. The molecule has 1 nitrogen and oxygen atoms in total. The Morgan fingerprint density at radius 3 is 2.35 bits per heavy atom. The van der Waals surface area contributed by atoms with Crippen molar-refractivity contribution in [2.24, 2.45) is 0 Å². The van der Waals surface area contributed by atoms with Crippen LogP contribution in [-0.2, 0) is 0 Å². The van der Waals surface area contributed by atoms with E-state index in [0.717, 1.165) is 0 Å². The van der Waals surface area contributed by atoms with Crippen molar-refractivity contribution in [3.8, 4) is 0 Å². The first-order valence-electron chi connectivity index (χ1n) is 7.31. The fourth-order valence-corrected chi connectivity index (χ4v) is 3.83. The summed E-state index contributed by atoms with van der Waals surface area (Å²) in [4.78, 5) is 2.68. The smallest absolute Gasteiger partial charge is 0.0351 e. The van der Waals surface area contributed by atoms with Crippen LogP contribution in [-0.4, -0.2) is 18.0 Å². The zero-order chi connectivity index (χ0) is 12.7. The highest BCUT2D eigenvalue weighted by molar-refractivity contribution is 8.93. The molecule has 0 spiro atoms. The van der Waals surface area contributed by atoms with Gasteiger partial charge in [0, 0.05) is 18.5 Å². The topological polar surface area (TPSA) is 3.24 Å². The summed E-state index contributed by atoms with van der Waals surface area (Å²) in [5.74, 6) is 0.548. The highest BCUT2D eigenvalue weighted by atomic mass is 79.9. The Balaban J connectivity index is 0.00000121. The molecule has 0 saturated carbocycles. The van der Waals surface area contributed by atoms with Crippen molar-refractivity contribution in [3.05, 3.63) is 71.3 Å². The van der Waals surface area contributed by atoms with Gasteiger partial charge < -0.3 is 0 Å². The molecule has 0 bridgehead atoms. The molecule has 2 aromatic rings. The van der Waals surface area contributed by atoms with Crippen molar-refractivity contribution < 1.29 is 0 Å². The van der Waals surface area contributed by atoms with E-state index in [1.807, 2.05) is 0 Å². The molecule has 104 valence electrons. The quantitative estimate of drug-likeness (QED) is 0.742. The average Bonchev–Trinajstić information content (AvgIpc) is 2.96. The summed E-state index contributed by atoms with van der Waals surface area (Å²) in [6.45, 7) is 2.45. The van der Waals surface area contributed by atoms with Crippen LogP contribution in [0.15, 0.2) is 54.6 Å². The van der Waals surface area contributed by atoms with Crippen LogP contribution in [0.2, 0.25) is 0 Å². The SMILES string of the molecule is Br.c1ccc([C@@H]2CN3CCC[C@@H]3c3ccccc32)cc1. The lowest BCUT2D eigenvalue weighted by atomic mass is 9.82. The molecule has 0 radical (unpaired) electrons. The first kappa shape index (κ1) is 13.8. The van der Waals surface area contributed by atoms with Gasteiger partial charge in [0.15, 0.2) is 0 Å². The highest BCUT2D eigenvalue weighted by Crippen LogP contribution is 2.43. The number of nitrogens with zero attached hydrogens (tertiary/aromatic N) is 1. The van der Waals surface area contributed by atoms with E-state index >= 15 is 0 Å². The monoisotopic (exact) mass is 329 g/mol.